The Bertz CT molecular complexity index is 1090. The Morgan fingerprint density at radius 1 is 1.07 bits per heavy atom. The second-order valence-electron chi connectivity index (χ2n) is 6.06. The van der Waals surface area contributed by atoms with Crippen molar-refractivity contribution in [1.82, 2.24) is 14.5 Å². The molecule has 2 aromatic heterocycles. The third-order valence-electron chi connectivity index (χ3n) is 4.21. The fourth-order valence-corrected chi connectivity index (χ4v) is 2.85. The molecule has 1 aliphatic heterocycles. The summed E-state index contributed by atoms with van der Waals surface area (Å²) < 4.78 is 83.8. The average molecular weight is 400 g/mol. The second-order valence-corrected chi connectivity index (χ2v) is 6.06. The minimum Gasteiger partial charge on any atom is -0.436 e. The fourth-order valence-electron chi connectivity index (χ4n) is 2.85. The Kier molecular flexibility index (Phi) is 4.05. The summed E-state index contributed by atoms with van der Waals surface area (Å²) in [6.45, 7) is 0.103. The highest BCUT2D eigenvalue weighted by Gasteiger charge is 2.35. The highest BCUT2D eigenvalue weighted by atomic mass is 19.4. The van der Waals surface area contributed by atoms with Gasteiger partial charge in [0, 0.05) is 18.0 Å². The zero-order chi connectivity index (χ0) is 20.1. The van der Waals surface area contributed by atoms with Gasteiger partial charge in [-0.3, -0.25) is 4.99 Å². The smallest absolute Gasteiger partial charge is 0.434 e. The van der Waals surface area contributed by atoms with Crippen LogP contribution in [-0.4, -0.2) is 27.3 Å². The van der Waals surface area contributed by atoms with E-state index in [1.807, 2.05) is 0 Å². The van der Waals surface area contributed by atoms with Crippen LogP contribution in [0.4, 0.5) is 26.3 Å². The molecule has 146 valence electrons. The van der Waals surface area contributed by atoms with Crippen LogP contribution in [-0.2, 0) is 12.4 Å². The summed E-state index contributed by atoms with van der Waals surface area (Å²) in [7, 11) is 0. The predicted molar refractivity (Wildman–Crippen MR) is 86.6 cm³/mol. The number of aromatic nitrogens is 3. The molecule has 11 heteroatoms. The van der Waals surface area contributed by atoms with E-state index in [0.29, 0.717) is 5.57 Å². The lowest BCUT2D eigenvalue weighted by Gasteiger charge is -2.20. The van der Waals surface area contributed by atoms with Gasteiger partial charge < -0.3 is 8.98 Å². The Hall–Kier alpha value is -3.11. The largest absolute Gasteiger partial charge is 0.436 e. The van der Waals surface area contributed by atoms with Gasteiger partial charge in [0.15, 0.2) is 11.3 Å². The van der Waals surface area contributed by atoms with Crippen molar-refractivity contribution in [1.29, 1.82) is 0 Å². The average Bonchev–Trinajstić information content (AvgIpc) is 3.27. The molecule has 1 atom stereocenters. The lowest BCUT2D eigenvalue weighted by Crippen LogP contribution is -2.16. The first-order valence-electron chi connectivity index (χ1n) is 7.92. The van der Waals surface area contributed by atoms with Crippen molar-refractivity contribution in [3.05, 3.63) is 53.9 Å². The summed E-state index contributed by atoms with van der Waals surface area (Å²) in [5.74, 6) is 0.00716. The van der Waals surface area contributed by atoms with Gasteiger partial charge in [-0.2, -0.15) is 26.3 Å². The lowest BCUT2D eigenvalue weighted by molar-refractivity contribution is -0.141. The summed E-state index contributed by atoms with van der Waals surface area (Å²) in [5.41, 5.74) is -1.43. The highest BCUT2D eigenvalue weighted by Crippen LogP contribution is 2.36. The van der Waals surface area contributed by atoms with E-state index in [-0.39, 0.29) is 23.5 Å². The van der Waals surface area contributed by atoms with Crippen molar-refractivity contribution >= 4 is 22.9 Å². The first-order chi connectivity index (χ1) is 13.1. The Morgan fingerprint density at radius 3 is 2.54 bits per heavy atom. The van der Waals surface area contributed by atoms with Gasteiger partial charge in [0.1, 0.15) is 5.52 Å². The first-order valence-corrected chi connectivity index (χ1v) is 7.92. The number of dihydropyridines is 1. The minimum atomic E-state index is -4.60. The minimum absolute atomic E-state index is 0.00593. The summed E-state index contributed by atoms with van der Waals surface area (Å²) in [5, 5.41) is 0. The SMILES string of the molecule is FC(F)(F)c1ccc2oc(C3=CC=NCC3n3cnc(C(F)(F)F)c3)nc2c1. The molecule has 0 bridgehead atoms. The summed E-state index contributed by atoms with van der Waals surface area (Å²) in [6.07, 6.45) is -4.34. The van der Waals surface area contributed by atoms with Crippen molar-refractivity contribution in [3.8, 4) is 0 Å². The molecule has 0 aliphatic carbocycles. The monoisotopic (exact) mass is 400 g/mol. The molecule has 0 saturated carbocycles. The van der Waals surface area contributed by atoms with E-state index in [4.69, 9.17) is 4.42 Å². The number of alkyl halides is 6. The number of nitrogens with zero attached hydrogens (tertiary/aromatic N) is 4. The molecular formula is C17H10F6N4O. The van der Waals surface area contributed by atoms with E-state index in [2.05, 4.69) is 15.0 Å². The standard InChI is InChI=1S/C17H10F6N4O/c18-16(19,20)9-1-2-13-11(5-9)26-15(28-13)10-3-4-24-6-12(10)27-7-14(25-8-27)17(21,22)23/h1-5,7-8,12H,6H2. The van der Waals surface area contributed by atoms with Crippen LogP contribution in [0.5, 0.6) is 0 Å². The van der Waals surface area contributed by atoms with Crippen LogP contribution in [0.3, 0.4) is 0 Å². The number of oxazole rings is 1. The maximum Gasteiger partial charge on any atom is 0.434 e. The van der Waals surface area contributed by atoms with Crippen molar-refractivity contribution in [2.45, 2.75) is 18.4 Å². The highest BCUT2D eigenvalue weighted by molar-refractivity contribution is 5.87. The second kappa shape index (κ2) is 6.21. The number of hydrogen-bond acceptors (Lipinski definition) is 4. The van der Waals surface area contributed by atoms with Crippen LogP contribution in [0.25, 0.3) is 16.7 Å². The van der Waals surface area contributed by atoms with E-state index in [1.165, 1.54) is 16.9 Å². The molecule has 0 radical (unpaired) electrons. The van der Waals surface area contributed by atoms with Gasteiger partial charge in [0.25, 0.3) is 0 Å². The van der Waals surface area contributed by atoms with Gasteiger partial charge >= 0.3 is 12.4 Å². The molecule has 0 N–H and O–H groups in total. The first kappa shape index (κ1) is 18.3. The van der Waals surface area contributed by atoms with Crippen LogP contribution in [0.2, 0.25) is 0 Å². The summed E-state index contributed by atoms with van der Waals surface area (Å²) >= 11 is 0. The van der Waals surface area contributed by atoms with Crippen LogP contribution in [0.1, 0.15) is 23.2 Å². The Balaban J connectivity index is 1.73. The third-order valence-corrected chi connectivity index (χ3v) is 4.21. The molecule has 0 saturated heterocycles. The quantitative estimate of drug-likeness (QED) is 0.583. The molecule has 0 amide bonds. The lowest BCUT2D eigenvalue weighted by atomic mass is 10.0. The third kappa shape index (κ3) is 3.27. The van der Waals surface area contributed by atoms with Crippen LogP contribution >= 0.6 is 0 Å². The molecule has 0 spiro atoms. The normalized spacial score (nSPS) is 17.9. The number of imidazole rings is 1. The number of halogens is 6. The number of rotatable bonds is 2. The maximum absolute atomic E-state index is 12.9. The van der Waals surface area contributed by atoms with Gasteiger partial charge in [0.05, 0.1) is 24.5 Å². The van der Waals surface area contributed by atoms with Gasteiger partial charge in [-0.15, -0.1) is 0 Å². The zero-order valence-electron chi connectivity index (χ0n) is 13.8. The van der Waals surface area contributed by atoms with Crippen LogP contribution in [0, 0.1) is 0 Å². The maximum atomic E-state index is 12.9. The van der Waals surface area contributed by atoms with E-state index in [1.54, 1.807) is 0 Å². The fraction of sp³-hybridized carbons (Fsp3) is 0.235. The zero-order valence-corrected chi connectivity index (χ0v) is 13.8. The predicted octanol–water partition coefficient (Wildman–Crippen LogP) is 4.77. The number of hydrogen-bond donors (Lipinski definition) is 0. The van der Waals surface area contributed by atoms with Crippen LogP contribution in [0.15, 0.2) is 46.2 Å². The number of allylic oxidation sites excluding steroid dienone is 1. The molecule has 0 fully saturated rings. The molecule has 5 nitrogen and oxygen atoms in total. The van der Waals surface area contributed by atoms with Gasteiger partial charge in [-0.05, 0) is 24.3 Å². The topological polar surface area (TPSA) is 56.2 Å². The number of benzene rings is 1. The Labute approximate surface area is 153 Å². The van der Waals surface area contributed by atoms with E-state index in [0.717, 1.165) is 30.7 Å². The number of fused-ring (bicyclic) bond motifs is 1. The van der Waals surface area contributed by atoms with Gasteiger partial charge in [0.2, 0.25) is 5.89 Å². The molecule has 3 heterocycles. The van der Waals surface area contributed by atoms with Crippen molar-refractivity contribution in [2.24, 2.45) is 4.99 Å². The molecular weight excluding hydrogens is 390 g/mol. The molecule has 3 aromatic rings. The van der Waals surface area contributed by atoms with E-state index >= 15 is 0 Å². The van der Waals surface area contributed by atoms with E-state index < -0.39 is 29.7 Å². The molecule has 4 rings (SSSR count). The molecule has 1 unspecified atom stereocenters. The van der Waals surface area contributed by atoms with Crippen LogP contribution < -0.4 is 0 Å². The number of aliphatic imine (C=N–C) groups is 1. The molecule has 1 aromatic carbocycles. The molecule has 28 heavy (non-hydrogen) atoms. The molecule has 1 aliphatic rings. The van der Waals surface area contributed by atoms with Gasteiger partial charge in [-0.1, -0.05) is 0 Å². The van der Waals surface area contributed by atoms with Crippen molar-refractivity contribution < 1.29 is 30.8 Å². The van der Waals surface area contributed by atoms with Crippen molar-refractivity contribution in [3.63, 3.8) is 0 Å². The van der Waals surface area contributed by atoms with Crippen molar-refractivity contribution in [2.75, 3.05) is 6.54 Å². The summed E-state index contributed by atoms with van der Waals surface area (Å²) in [6, 6.07) is 2.19. The summed E-state index contributed by atoms with van der Waals surface area (Å²) in [4.78, 5) is 11.5. The van der Waals surface area contributed by atoms with E-state index in [9.17, 15) is 26.3 Å². The van der Waals surface area contributed by atoms with Gasteiger partial charge in [-0.25, -0.2) is 9.97 Å². The Morgan fingerprint density at radius 2 is 1.86 bits per heavy atom.